The molecule has 3 nitrogen and oxygen atoms in total. The van der Waals surface area contributed by atoms with Gasteiger partial charge in [0.05, 0.1) is 21.7 Å². The van der Waals surface area contributed by atoms with Crippen LogP contribution in [0.25, 0.3) is 33.2 Å². The van der Waals surface area contributed by atoms with E-state index >= 15 is 0 Å². The van der Waals surface area contributed by atoms with E-state index in [0.717, 1.165) is 22.8 Å². The topological polar surface area (TPSA) is 47.0 Å². The minimum absolute atomic E-state index is 0.0705. The number of aromatic nitrogens is 1. The Hall–Kier alpha value is -3.19. The summed E-state index contributed by atoms with van der Waals surface area (Å²) in [5, 5.41) is 0.402. The molecule has 0 saturated carbocycles. The maximum atomic E-state index is 13.4. The standard InChI is InChI=1S/C25H20F3NO2S/c1-2-14-32(30,31)20-9-4-7-18(16-20)17-6-3-8-19(15-17)21-12-13-29-24-22(21)10-5-11-23(24)25(26,27)28/h3-13,15-16H,2,14H2,1H3. The number of rotatable bonds is 5. The Kier molecular flexibility index (Phi) is 5.77. The molecule has 32 heavy (non-hydrogen) atoms. The van der Waals surface area contributed by atoms with Gasteiger partial charge in [-0.25, -0.2) is 8.42 Å². The Balaban J connectivity index is 1.83. The van der Waals surface area contributed by atoms with Gasteiger partial charge < -0.3 is 0 Å². The zero-order valence-corrected chi connectivity index (χ0v) is 18.0. The van der Waals surface area contributed by atoms with Crippen molar-refractivity contribution in [3.63, 3.8) is 0 Å². The highest BCUT2D eigenvalue weighted by Crippen LogP contribution is 2.37. The number of nitrogens with zero attached hydrogens (tertiary/aromatic N) is 1. The van der Waals surface area contributed by atoms with E-state index < -0.39 is 21.6 Å². The summed E-state index contributed by atoms with van der Waals surface area (Å²) in [5.74, 6) is 0.0705. The van der Waals surface area contributed by atoms with Gasteiger partial charge in [0.1, 0.15) is 0 Å². The van der Waals surface area contributed by atoms with Crippen LogP contribution in [0.5, 0.6) is 0 Å². The van der Waals surface area contributed by atoms with Crippen LogP contribution in [-0.4, -0.2) is 19.2 Å². The fourth-order valence-corrected chi connectivity index (χ4v) is 5.14. The number of alkyl halides is 3. The molecule has 0 aliphatic carbocycles. The number of hydrogen-bond donors (Lipinski definition) is 0. The zero-order chi connectivity index (χ0) is 22.9. The molecule has 0 saturated heterocycles. The van der Waals surface area contributed by atoms with Gasteiger partial charge in [-0.3, -0.25) is 4.98 Å². The maximum Gasteiger partial charge on any atom is 0.418 e. The van der Waals surface area contributed by atoms with Crippen LogP contribution in [0.15, 0.2) is 83.9 Å². The van der Waals surface area contributed by atoms with E-state index in [1.165, 1.54) is 12.3 Å². The molecular weight excluding hydrogens is 435 g/mol. The van der Waals surface area contributed by atoms with Crippen LogP contribution in [0.2, 0.25) is 0 Å². The predicted molar refractivity (Wildman–Crippen MR) is 120 cm³/mol. The van der Waals surface area contributed by atoms with E-state index in [4.69, 9.17) is 0 Å². The summed E-state index contributed by atoms with van der Waals surface area (Å²) in [4.78, 5) is 4.24. The molecule has 1 heterocycles. The molecule has 0 atom stereocenters. The molecule has 7 heteroatoms. The number of fused-ring (bicyclic) bond motifs is 1. The van der Waals surface area contributed by atoms with E-state index in [1.54, 1.807) is 36.4 Å². The molecule has 0 aliphatic rings. The molecular formula is C25H20F3NO2S. The predicted octanol–water partition coefficient (Wildman–Crippen LogP) is 6.77. The van der Waals surface area contributed by atoms with Gasteiger partial charge in [-0.2, -0.15) is 13.2 Å². The zero-order valence-electron chi connectivity index (χ0n) is 17.2. The minimum Gasteiger partial charge on any atom is -0.256 e. The van der Waals surface area contributed by atoms with Gasteiger partial charge in [-0.05, 0) is 59.0 Å². The van der Waals surface area contributed by atoms with E-state index in [2.05, 4.69) is 4.98 Å². The second kappa shape index (κ2) is 8.39. The average Bonchev–Trinajstić information content (AvgIpc) is 2.78. The van der Waals surface area contributed by atoms with Crippen LogP contribution in [-0.2, 0) is 16.0 Å². The van der Waals surface area contributed by atoms with Crippen LogP contribution >= 0.6 is 0 Å². The number of sulfone groups is 1. The Morgan fingerprint density at radius 1 is 0.844 bits per heavy atom. The average molecular weight is 456 g/mol. The molecule has 0 unspecified atom stereocenters. The van der Waals surface area contributed by atoms with Gasteiger partial charge in [-0.1, -0.05) is 49.4 Å². The first-order chi connectivity index (χ1) is 15.2. The second-order valence-corrected chi connectivity index (χ2v) is 9.59. The monoisotopic (exact) mass is 455 g/mol. The first-order valence-corrected chi connectivity index (χ1v) is 11.7. The molecule has 4 rings (SSSR count). The third-order valence-electron chi connectivity index (χ3n) is 5.25. The fourth-order valence-electron chi connectivity index (χ4n) is 3.78. The summed E-state index contributed by atoms with van der Waals surface area (Å²) >= 11 is 0. The van der Waals surface area contributed by atoms with Gasteiger partial charge in [0.2, 0.25) is 0 Å². The summed E-state index contributed by atoms with van der Waals surface area (Å²) in [7, 11) is -3.37. The summed E-state index contributed by atoms with van der Waals surface area (Å²) in [5.41, 5.74) is 1.96. The molecule has 164 valence electrons. The molecule has 0 N–H and O–H groups in total. The highest BCUT2D eigenvalue weighted by molar-refractivity contribution is 7.91. The van der Waals surface area contributed by atoms with Crippen molar-refractivity contribution < 1.29 is 21.6 Å². The largest absolute Gasteiger partial charge is 0.418 e. The minimum atomic E-state index is -4.50. The lowest BCUT2D eigenvalue weighted by atomic mass is 9.96. The Morgan fingerprint density at radius 2 is 1.50 bits per heavy atom. The number of pyridine rings is 1. The van der Waals surface area contributed by atoms with Crippen molar-refractivity contribution >= 4 is 20.7 Å². The van der Waals surface area contributed by atoms with Crippen molar-refractivity contribution in [2.24, 2.45) is 0 Å². The molecule has 0 fully saturated rings. The molecule has 4 aromatic rings. The lowest BCUT2D eigenvalue weighted by molar-refractivity contribution is -0.136. The van der Waals surface area contributed by atoms with Crippen LogP contribution in [0.3, 0.4) is 0 Å². The number of para-hydroxylation sites is 1. The van der Waals surface area contributed by atoms with Gasteiger partial charge in [-0.15, -0.1) is 0 Å². The molecule has 3 aromatic carbocycles. The van der Waals surface area contributed by atoms with Crippen molar-refractivity contribution in [3.05, 3.63) is 84.6 Å². The number of benzene rings is 3. The van der Waals surface area contributed by atoms with Crippen LogP contribution in [0.1, 0.15) is 18.9 Å². The van der Waals surface area contributed by atoms with Crippen LogP contribution in [0, 0.1) is 0 Å². The first-order valence-electron chi connectivity index (χ1n) is 10.1. The van der Waals surface area contributed by atoms with Crippen molar-refractivity contribution in [2.75, 3.05) is 5.75 Å². The second-order valence-electron chi connectivity index (χ2n) is 7.49. The van der Waals surface area contributed by atoms with Crippen molar-refractivity contribution in [1.82, 2.24) is 4.98 Å². The Bertz CT molecular complexity index is 1400. The third kappa shape index (κ3) is 4.25. The van der Waals surface area contributed by atoms with Gasteiger partial charge >= 0.3 is 6.18 Å². The van der Waals surface area contributed by atoms with E-state index in [0.29, 0.717) is 17.4 Å². The maximum absolute atomic E-state index is 13.4. The Labute approximate surface area is 184 Å². The van der Waals surface area contributed by atoms with Gasteiger partial charge in [0.15, 0.2) is 9.84 Å². The fraction of sp³-hybridized carbons (Fsp3) is 0.160. The smallest absolute Gasteiger partial charge is 0.256 e. The third-order valence-corrected chi connectivity index (χ3v) is 7.17. The molecule has 0 spiro atoms. The van der Waals surface area contributed by atoms with E-state index in [1.807, 2.05) is 31.2 Å². The SMILES string of the molecule is CCCS(=O)(=O)c1cccc(-c2cccc(-c3ccnc4c(C(F)(F)F)cccc34)c2)c1. The molecule has 0 amide bonds. The molecule has 0 bridgehead atoms. The highest BCUT2D eigenvalue weighted by Gasteiger charge is 2.33. The van der Waals surface area contributed by atoms with Crippen LogP contribution in [0.4, 0.5) is 13.2 Å². The summed E-state index contributed by atoms with van der Waals surface area (Å²) < 4.78 is 65.2. The van der Waals surface area contributed by atoms with E-state index in [9.17, 15) is 21.6 Å². The normalized spacial score (nSPS) is 12.2. The van der Waals surface area contributed by atoms with Crippen LogP contribution < -0.4 is 0 Å². The Morgan fingerprint density at radius 3 is 2.22 bits per heavy atom. The summed E-state index contributed by atoms with van der Waals surface area (Å²) in [6, 6.07) is 19.7. The van der Waals surface area contributed by atoms with Crippen molar-refractivity contribution in [1.29, 1.82) is 0 Å². The van der Waals surface area contributed by atoms with E-state index in [-0.39, 0.29) is 16.2 Å². The first kappa shape index (κ1) is 22.0. The van der Waals surface area contributed by atoms with Gasteiger partial charge in [0, 0.05) is 11.6 Å². The summed E-state index contributed by atoms with van der Waals surface area (Å²) in [6.45, 7) is 1.81. The number of hydrogen-bond acceptors (Lipinski definition) is 3. The van der Waals surface area contributed by atoms with Gasteiger partial charge in [0.25, 0.3) is 0 Å². The van der Waals surface area contributed by atoms with Crippen molar-refractivity contribution in [3.8, 4) is 22.3 Å². The highest BCUT2D eigenvalue weighted by atomic mass is 32.2. The number of halogens is 3. The molecule has 0 aliphatic heterocycles. The quantitative estimate of drug-likeness (QED) is 0.334. The summed E-state index contributed by atoms with van der Waals surface area (Å²) in [6.07, 6.45) is -2.61. The molecule has 0 radical (unpaired) electrons. The lowest BCUT2D eigenvalue weighted by Gasteiger charge is -2.13. The molecule has 1 aromatic heterocycles. The lowest BCUT2D eigenvalue weighted by Crippen LogP contribution is -2.06. The van der Waals surface area contributed by atoms with Crippen molar-refractivity contribution in [2.45, 2.75) is 24.4 Å².